The molecule has 0 fully saturated rings. The first-order chi connectivity index (χ1) is 13.1. The van der Waals surface area contributed by atoms with Crippen molar-refractivity contribution in [2.45, 2.75) is 12.1 Å². The van der Waals surface area contributed by atoms with Crippen LogP contribution in [0.5, 0.6) is 0 Å². The number of anilines is 2. The van der Waals surface area contributed by atoms with Crippen molar-refractivity contribution in [2.24, 2.45) is 5.10 Å². The third-order valence-electron chi connectivity index (χ3n) is 3.43. The van der Waals surface area contributed by atoms with Crippen LogP contribution >= 0.6 is 23.4 Å². The average molecular weight is 401 g/mol. The number of amides is 1. The second-order valence-electron chi connectivity index (χ2n) is 5.49. The highest BCUT2D eigenvalue weighted by molar-refractivity contribution is 7.99. The van der Waals surface area contributed by atoms with Gasteiger partial charge in [-0.15, -0.1) is 5.10 Å². The third kappa shape index (κ3) is 5.83. The van der Waals surface area contributed by atoms with Gasteiger partial charge in [-0.05, 0) is 30.7 Å². The maximum atomic E-state index is 12.0. The molecule has 0 bridgehead atoms. The number of thioether (sulfide) groups is 1. The summed E-state index contributed by atoms with van der Waals surface area (Å²) in [5, 5.41) is 14.9. The first-order valence-electron chi connectivity index (χ1n) is 8.06. The number of hydrazone groups is 1. The highest BCUT2D eigenvalue weighted by atomic mass is 35.5. The zero-order chi connectivity index (χ0) is 19.1. The van der Waals surface area contributed by atoms with E-state index in [0.717, 1.165) is 11.3 Å². The number of aromatic nitrogens is 3. The largest absolute Gasteiger partial charge is 0.325 e. The van der Waals surface area contributed by atoms with Gasteiger partial charge in [0.05, 0.1) is 11.5 Å². The van der Waals surface area contributed by atoms with Crippen molar-refractivity contribution in [3.05, 3.63) is 65.2 Å². The summed E-state index contributed by atoms with van der Waals surface area (Å²) < 4.78 is 0. The highest BCUT2D eigenvalue weighted by Gasteiger charge is 2.08. The van der Waals surface area contributed by atoms with Crippen molar-refractivity contribution in [3.8, 4) is 0 Å². The number of hydrogen-bond donors (Lipinski definition) is 3. The molecule has 1 heterocycles. The molecule has 9 heteroatoms. The monoisotopic (exact) mass is 400 g/mol. The predicted molar refractivity (Wildman–Crippen MR) is 109 cm³/mol. The average Bonchev–Trinajstić information content (AvgIpc) is 3.13. The summed E-state index contributed by atoms with van der Waals surface area (Å²) in [6.07, 6.45) is 0. The Labute approximate surface area is 165 Å². The van der Waals surface area contributed by atoms with E-state index in [9.17, 15) is 4.79 Å². The van der Waals surface area contributed by atoms with Crippen LogP contribution in [-0.2, 0) is 4.79 Å². The number of carbonyl (C=O) groups is 1. The molecule has 0 aliphatic carbocycles. The SMILES string of the molecule is C/C(=N\Nc1nc(SCC(=O)Nc2cccc(Cl)c2)n[nH]1)c1ccccc1. The normalized spacial score (nSPS) is 11.3. The molecular formula is C18H17ClN6OS. The van der Waals surface area contributed by atoms with E-state index in [0.29, 0.717) is 21.8 Å². The van der Waals surface area contributed by atoms with Crippen LogP contribution in [0.1, 0.15) is 12.5 Å². The van der Waals surface area contributed by atoms with Crippen LogP contribution in [0.4, 0.5) is 11.6 Å². The lowest BCUT2D eigenvalue weighted by Gasteiger charge is -2.04. The predicted octanol–water partition coefficient (Wildman–Crippen LogP) is 4.03. The number of benzene rings is 2. The number of rotatable bonds is 7. The quantitative estimate of drug-likeness (QED) is 0.316. The van der Waals surface area contributed by atoms with Crippen molar-refractivity contribution >= 4 is 46.6 Å². The van der Waals surface area contributed by atoms with E-state index in [2.05, 4.69) is 31.0 Å². The Morgan fingerprint density at radius 2 is 2.04 bits per heavy atom. The summed E-state index contributed by atoms with van der Waals surface area (Å²) >= 11 is 7.11. The Morgan fingerprint density at radius 1 is 1.22 bits per heavy atom. The first kappa shape index (κ1) is 18.9. The van der Waals surface area contributed by atoms with Gasteiger partial charge in [-0.3, -0.25) is 4.79 Å². The molecule has 0 atom stereocenters. The summed E-state index contributed by atoms with van der Waals surface area (Å²) in [5.74, 6) is 0.415. The Balaban J connectivity index is 1.50. The third-order valence-corrected chi connectivity index (χ3v) is 4.51. The van der Waals surface area contributed by atoms with Crippen LogP contribution in [0.3, 0.4) is 0 Å². The van der Waals surface area contributed by atoms with Crippen molar-refractivity contribution in [2.75, 3.05) is 16.5 Å². The van der Waals surface area contributed by atoms with Crippen LogP contribution in [0.15, 0.2) is 64.9 Å². The summed E-state index contributed by atoms with van der Waals surface area (Å²) in [6, 6.07) is 16.8. The molecule has 138 valence electrons. The Kier molecular flexibility index (Phi) is 6.45. The summed E-state index contributed by atoms with van der Waals surface area (Å²) in [5.41, 5.74) is 5.31. The Hall–Kier alpha value is -2.84. The van der Waals surface area contributed by atoms with E-state index in [1.54, 1.807) is 24.3 Å². The number of halogens is 1. The molecule has 7 nitrogen and oxygen atoms in total. The Bertz CT molecular complexity index is 944. The standard InChI is InChI=1S/C18H17ClN6OS/c1-12(13-6-3-2-4-7-13)22-23-17-21-18(25-24-17)27-11-16(26)20-15-9-5-8-14(19)10-15/h2-10H,11H2,1H3,(H,20,26)(H2,21,23,24,25)/b22-12+. The highest BCUT2D eigenvalue weighted by Crippen LogP contribution is 2.17. The van der Waals surface area contributed by atoms with Gasteiger partial charge in [0.2, 0.25) is 17.0 Å². The minimum absolute atomic E-state index is 0.167. The van der Waals surface area contributed by atoms with Gasteiger partial charge in [0, 0.05) is 10.7 Å². The number of aromatic amines is 1. The molecule has 0 spiro atoms. The minimum atomic E-state index is -0.167. The number of H-pyrrole nitrogens is 1. The molecule has 0 unspecified atom stereocenters. The van der Waals surface area contributed by atoms with Crippen molar-refractivity contribution in [1.29, 1.82) is 0 Å². The topological polar surface area (TPSA) is 95.1 Å². The van der Waals surface area contributed by atoms with Gasteiger partial charge in [-0.1, -0.05) is 59.8 Å². The van der Waals surface area contributed by atoms with Gasteiger partial charge in [0.1, 0.15) is 0 Å². The maximum Gasteiger partial charge on any atom is 0.240 e. The fourth-order valence-corrected chi connectivity index (χ4v) is 2.92. The van der Waals surface area contributed by atoms with Crippen molar-refractivity contribution in [3.63, 3.8) is 0 Å². The maximum absolute atomic E-state index is 12.0. The van der Waals surface area contributed by atoms with E-state index >= 15 is 0 Å². The van der Waals surface area contributed by atoms with Gasteiger partial charge in [-0.25, -0.2) is 10.5 Å². The van der Waals surface area contributed by atoms with E-state index in [4.69, 9.17) is 11.6 Å². The molecule has 2 aromatic carbocycles. The lowest BCUT2D eigenvalue weighted by Crippen LogP contribution is -2.14. The van der Waals surface area contributed by atoms with Gasteiger partial charge < -0.3 is 5.32 Å². The number of nitrogens with zero attached hydrogens (tertiary/aromatic N) is 3. The zero-order valence-electron chi connectivity index (χ0n) is 14.4. The zero-order valence-corrected chi connectivity index (χ0v) is 16.0. The van der Waals surface area contributed by atoms with Crippen LogP contribution in [-0.4, -0.2) is 32.6 Å². The van der Waals surface area contributed by atoms with Crippen LogP contribution in [0.25, 0.3) is 0 Å². The molecule has 0 aliphatic rings. The molecule has 0 aliphatic heterocycles. The molecule has 0 radical (unpaired) electrons. The molecule has 27 heavy (non-hydrogen) atoms. The molecule has 3 N–H and O–H groups in total. The minimum Gasteiger partial charge on any atom is -0.325 e. The molecule has 1 amide bonds. The van der Waals surface area contributed by atoms with Gasteiger partial charge >= 0.3 is 0 Å². The van der Waals surface area contributed by atoms with Crippen molar-refractivity contribution < 1.29 is 4.79 Å². The molecule has 1 aromatic heterocycles. The number of carbonyl (C=O) groups excluding carboxylic acids is 1. The van der Waals surface area contributed by atoms with Gasteiger partial charge in [-0.2, -0.15) is 10.1 Å². The van der Waals surface area contributed by atoms with Crippen LogP contribution < -0.4 is 10.7 Å². The second kappa shape index (κ2) is 9.20. The molecule has 0 saturated heterocycles. The smallest absolute Gasteiger partial charge is 0.240 e. The van der Waals surface area contributed by atoms with E-state index in [-0.39, 0.29) is 11.7 Å². The number of hydrogen-bond acceptors (Lipinski definition) is 6. The molecular weight excluding hydrogens is 384 g/mol. The van der Waals surface area contributed by atoms with Gasteiger partial charge in [0.15, 0.2) is 0 Å². The summed E-state index contributed by atoms with van der Waals surface area (Å²) in [7, 11) is 0. The van der Waals surface area contributed by atoms with Gasteiger partial charge in [0.25, 0.3) is 0 Å². The number of nitrogens with one attached hydrogen (secondary N) is 3. The molecule has 3 aromatic rings. The van der Waals surface area contributed by atoms with E-state index < -0.39 is 0 Å². The Morgan fingerprint density at radius 3 is 2.81 bits per heavy atom. The molecule has 0 saturated carbocycles. The fourth-order valence-electron chi connectivity index (χ4n) is 2.14. The summed E-state index contributed by atoms with van der Waals surface area (Å²) in [6.45, 7) is 1.90. The lowest BCUT2D eigenvalue weighted by atomic mass is 10.1. The van der Waals surface area contributed by atoms with E-state index in [1.807, 2.05) is 37.3 Å². The fraction of sp³-hybridized carbons (Fsp3) is 0.111. The van der Waals surface area contributed by atoms with Crippen LogP contribution in [0, 0.1) is 0 Å². The van der Waals surface area contributed by atoms with E-state index in [1.165, 1.54) is 11.8 Å². The molecule has 3 rings (SSSR count). The lowest BCUT2D eigenvalue weighted by molar-refractivity contribution is -0.113. The van der Waals surface area contributed by atoms with Crippen LogP contribution in [0.2, 0.25) is 5.02 Å². The second-order valence-corrected chi connectivity index (χ2v) is 6.87. The first-order valence-corrected chi connectivity index (χ1v) is 9.43. The summed E-state index contributed by atoms with van der Waals surface area (Å²) in [4.78, 5) is 16.2. The van der Waals surface area contributed by atoms with Crippen molar-refractivity contribution in [1.82, 2.24) is 15.2 Å².